The van der Waals surface area contributed by atoms with Crippen molar-refractivity contribution in [2.24, 2.45) is 5.73 Å². The minimum atomic E-state index is -0.489. The SMILES string of the molecule is Cc1cc([N+](=O)[O-])ccc1C(=O)N[C@@H](C)CN. The molecule has 1 aromatic carbocycles. The molecule has 0 bridgehead atoms. The highest BCUT2D eigenvalue weighted by Crippen LogP contribution is 2.17. The summed E-state index contributed by atoms with van der Waals surface area (Å²) in [7, 11) is 0. The van der Waals surface area contributed by atoms with Gasteiger partial charge >= 0.3 is 0 Å². The molecule has 3 N–H and O–H groups in total. The molecule has 0 aliphatic carbocycles. The van der Waals surface area contributed by atoms with Gasteiger partial charge in [-0.2, -0.15) is 0 Å². The van der Waals surface area contributed by atoms with Crippen molar-refractivity contribution in [3.05, 3.63) is 39.4 Å². The molecule has 1 atom stereocenters. The van der Waals surface area contributed by atoms with Crippen molar-refractivity contribution in [2.45, 2.75) is 19.9 Å². The lowest BCUT2D eigenvalue weighted by Gasteiger charge is -2.12. The zero-order valence-corrected chi connectivity index (χ0v) is 9.77. The van der Waals surface area contributed by atoms with E-state index < -0.39 is 4.92 Å². The molecule has 6 heteroatoms. The zero-order chi connectivity index (χ0) is 13.0. The molecule has 0 saturated heterocycles. The molecule has 0 aromatic heterocycles. The molecule has 0 unspecified atom stereocenters. The lowest BCUT2D eigenvalue weighted by atomic mass is 10.1. The topological polar surface area (TPSA) is 98.3 Å². The van der Waals surface area contributed by atoms with Gasteiger partial charge in [-0.25, -0.2) is 0 Å². The molecule has 0 heterocycles. The Balaban J connectivity index is 2.92. The fraction of sp³-hybridized carbons (Fsp3) is 0.364. The third-order valence-corrected chi connectivity index (χ3v) is 2.40. The number of benzene rings is 1. The Kier molecular flexibility index (Phi) is 4.17. The molecule has 17 heavy (non-hydrogen) atoms. The van der Waals surface area contributed by atoms with E-state index in [1.807, 2.05) is 0 Å². The number of nitro groups is 1. The molecule has 0 saturated carbocycles. The second-order valence-electron chi connectivity index (χ2n) is 3.87. The number of nitrogens with one attached hydrogen (secondary N) is 1. The first kappa shape index (κ1) is 13.1. The Morgan fingerprint density at radius 2 is 2.24 bits per heavy atom. The van der Waals surface area contributed by atoms with Crippen LogP contribution >= 0.6 is 0 Å². The first-order valence-corrected chi connectivity index (χ1v) is 5.21. The highest BCUT2D eigenvalue weighted by Gasteiger charge is 2.14. The second kappa shape index (κ2) is 5.40. The summed E-state index contributed by atoms with van der Waals surface area (Å²) in [6.07, 6.45) is 0. The smallest absolute Gasteiger partial charge is 0.269 e. The molecule has 0 aliphatic heterocycles. The van der Waals surface area contributed by atoms with Crippen LogP contribution in [0.5, 0.6) is 0 Å². The number of carbonyl (C=O) groups excluding carboxylic acids is 1. The van der Waals surface area contributed by atoms with Gasteiger partial charge in [0.25, 0.3) is 11.6 Å². The van der Waals surface area contributed by atoms with Gasteiger partial charge in [-0.05, 0) is 25.5 Å². The van der Waals surface area contributed by atoms with Crippen LogP contribution in [-0.2, 0) is 0 Å². The van der Waals surface area contributed by atoms with Crippen molar-refractivity contribution in [2.75, 3.05) is 6.54 Å². The average Bonchev–Trinajstić information content (AvgIpc) is 2.28. The van der Waals surface area contributed by atoms with Gasteiger partial charge < -0.3 is 11.1 Å². The van der Waals surface area contributed by atoms with E-state index >= 15 is 0 Å². The van der Waals surface area contributed by atoms with Gasteiger partial charge in [0, 0.05) is 30.3 Å². The highest BCUT2D eigenvalue weighted by atomic mass is 16.6. The fourth-order valence-corrected chi connectivity index (χ4v) is 1.38. The molecule has 0 aliphatic rings. The largest absolute Gasteiger partial charge is 0.348 e. The summed E-state index contributed by atoms with van der Waals surface area (Å²) in [5.74, 6) is -0.268. The van der Waals surface area contributed by atoms with Gasteiger partial charge in [0.15, 0.2) is 0 Å². The Bertz CT molecular complexity index is 446. The molecule has 0 fully saturated rings. The molecular weight excluding hydrogens is 222 g/mol. The van der Waals surface area contributed by atoms with E-state index in [0.29, 0.717) is 17.7 Å². The van der Waals surface area contributed by atoms with Crippen molar-refractivity contribution in [3.63, 3.8) is 0 Å². The fourth-order valence-electron chi connectivity index (χ4n) is 1.38. The van der Waals surface area contributed by atoms with E-state index in [1.54, 1.807) is 13.8 Å². The number of hydrogen-bond donors (Lipinski definition) is 2. The first-order valence-electron chi connectivity index (χ1n) is 5.21. The summed E-state index contributed by atoms with van der Waals surface area (Å²) in [6, 6.07) is 4.01. The van der Waals surface area contributed by atoms with Crippen LogP contribution in [0.25, 0.3) is 0 Å². The summed E-state index contributed by atoms with van der Waals surface area (Å²) >= 11 is 0. The van der Waals surface area contributed by atoms with Crippen molar-refractivity contribution in [1.29, 1.82) is 0 Å². The number of non-ortho nitro benzene ring substituents is 1. The van der Waals surface area contributed by atoms with E-state index in [4.69, 9.17) is 5.73 Å². The summed E-state index contributed by atoms with van der Waals surface area (Å²) in [5, 5.41) is 13.2. The number of nitrogens with two attached hydrogens (primary N) is 1. The Morgan fingerprint density at radius 3 is 2.71 bits per heavy atom. The molecule has 1 rings (SSSR count). The van der Waals surface area contributed by atoms with Crippen LogP contribution in [0, 0.1) is 17.0 Å². The summed E-state index contributed by atoms with van der Waals surface area (Å²) in [4.78, 5) is 21.8. The van der Waals surface area contributed by atoms with Crippen LogP contribution in [-0.4, -0.2) is 23.4 Å². The van der Waals surface area contributed by atoms with Crippen LogP contribution in [0.2, 0.25) is 0 Å². The molecule has 1 amide bonds. The van der Waals surface area contributed by atoms with Gasteiger partial charge in [0.2, 0.25) is 0 Å². The predicted molar refractivity (Wildman–Crippen MR) is 63.8 cm³/mol. The number of amides is 1. The first-order chi connectivity index (χ1) is 7.95. The van der Waals surface area contributed by atoms with Crippen LogP contribution in [0.1, 0.15) is 22.8 Å². The lowest BCUT2D eigenvalue weighted by Crippen LogP contribution is -2.38. The van der Waals surface area contributed by atoms with Gasteiger partial charge in [-0.3, -0.25) is 14.9 Å². The van der Waals surface area contributed by atoms with Crippen LogP contribution in [0.15, 0.2) is 18.2 Å². The highest BCUT2D eigenvalue weighted by molar-refractivity contribution is 5.96. The zero-order valence-electron chi connectivity index (χ0n) is 9.77. The van der Waals surface area contributed by atoms with Crippen molar-refractivity contribution in [3.8, 4) is 0 Å². The monoisotopic (exact) mass is 237 g/mol. The van der Waals surface area contributed by atoms with Gasteiger partial charge in [-0.15, -0.1) is 0 Å². The Hall–Kier alpha value is -1.95. The minimum Gasteiger partial charge on any atom is -0.348 e. The van der Waals surface area contributed by atoms with Crippen molar-refractivity contribution in [1.82, 2.24) is 5.32 Å². The second-order valence-corrected chi connectivity index (χ2v) is 3.87. The predicted octanol–water partition coefficient (Wildman–Crippen LogP) is 0.980. The van der Waals surface area contributed by atoms with E-state index in [1.165, 1.54) is 18.2 Å². The number of aryl methyl sites for hydroxylation is 1. The van der Waals surface area contributed by atoms with E-state index in [2.05, 4.69) is 5.32 Å². The molecule has 1 aromatic rings. The normalized spacial score (nSPS) is 11.9. The summed E-state index contributed by atoms with van der Waals surface area (Å²) in [5.41, 5.74) is 6.37. The molecular formula is C11H15N3O3. The standard InChI is InChI=1S/C11H15N3O3/c1-7-5-9(14(16)17)3-4-10(7)11(15)13-8(2)6-12/h3-5,8H,6,12H2,1-2H3,(H,13,15)/t8-/m0/s1. The van der Waals surface area contributed by atoms with E-state index in [0.717, 1.165) is 0 Å². The van der Waals surface area contributed by atoms with Crippen molar-refractivity contribution < 1.29 is 9.72 Å². The number of nitro benzene ring substituents is 1. The third kappa shape index (κ3) is 3.25. The van der Waals surface area contributed by atoms with E-state index in [9.17, 15) is 14.9 Å². The maximum atomic E-state index is 11.8. The third-order valence-electron chi connectivity index (χ3n) is 2.40. The van der Waals surface area contributed by atoms with Crippen LogP contribution < -0.4 is 11.1 Å². The van der Waals surface area contributed by atoms with Gasteiger partial charge in [-0.1, -0.05) is 0 Å². The quantitative estimate of drug-likeness (QED) is 0.602. The molecule has 0 radical (unpaired) electrons. The minimum absolute atomic E-state index is 0.0223. The summed E-state index contributed by atoms with van der Waals surface area (Å²) in [6.45, 7) is 3.80. The van der Waals surface area contributed by atoms with Gasteiger partial charge in [0.05, 0.1) is 4.92 Å². The van der Waals surface area contributed by atoms with Crippen LogP contribution in [0.4, 0.5) is 5.69 Å². The lowest BCUT2D eigenvalue weighted by molar-refractivity contribution is -0.384. The molecule has 6 nitrogen and oxygen atoms in total. The van der Waals surface area contributed by atoms with Crippen molar-refractivity contribution >= 4 is 11.6 Å². The maximum Gasteiger partial charge on any atom is 0.269 e. The Labute approximate surface area is 99.0 Å². The van der Waals surface area contributed by atoms with E-state index in [-0.39, 0.29) is 17.6 Å². The average molecular weight is 237 g/mol. The number of rotatable bonds is 4. The number of hydrogen-bond acceptors (Lipinski definition) is 4. The van der Waals surface area contributed by atoms with Crippen LogP contribution in [0.3, 0.4) is 0 Å². The number of carbonyl (C=O) groups is 1. The maximum absolute atomic E-state index is 11.8. The molecule has 92 valence electrons. The Morgan fingerprint density at radius 1 is 1.59 bits per heavy atom. The van der Waals surface area contributed by atoms with Gasteiger partial charge in [0.1, 0.15) is 0 Å². The number of nitrogens with zero attached hydrogens (tertiary/aromatic N) is 1. The molecule has 0 spiro atoms. The summed E-state index contributed by atoms with van der Waals surface area (Å²) < 4.78 is 0.